The molecule has 0 saturated heterocycles. The molecule has 4 heteroatoms. The Bertz CT molecular complexity index is 839. The van der Waals surface area contributed by atoms with Crippen LogP contribution in [0.3, 0.4) is 0 Å². The molecule has 0 radical (unpaired) electrons. The lowest BCUT2D eigenvalue weighted by Gasteiger charge is -2.10. The number of pyridine rings is 2. The van der Waals surface area contributed by atoms with E-state index in [1.54, 1.807) is 0 Å². The van der Waals surface area contributed by atoms with Crippen molar-refractivity contribution in [3.05, 3.63) is 76.1 Å². The summed E-state index contributed by atoms with van der Waals surface area (Å²) in [5.41, 5.74) is 2.50. The molecule has 2 aromatic heterocycles. The molecule has 1 aromatic carbocycles. The van der Waals surface area contributed by atoms with Gasteiger partial charge in [0, 0.05) is 23.3 Å². The largest absolute Gasteiger partial charge is 0.308 e. The standard InChI is InChI=1S/C16H13FN2O/c1-11-8-12(14-4-2-3-5-15(14)18-11)9-19-10-13(17)6-7-16(19)20/h2-8,10H,9H2,1H3. The van der Waals surface area contributed by atoms with E-state index in [1.165, 1.54) is 22.9 Å². The first kappa shape index (κ1) is 12.5. The molecule has 0 spiro atoms. The number of benzene rings is 1. The molecule has 0 saturated carbocycles. The fourth-order valence-electron chi connectivity index (χ4n) is 2.33. The van der Waals surface area contributed by atoms with Gasteiger partial charge in [0.25, 0.3) is 5.56 Å². The molecule has 0 amide bonds. The molecule has 0 aliphatic carbocycles. The zero-order valence-corrected chi connectivity index (χ0v) is 11.0. The van der Waals surface area contributed by atoms with Crippen LogP contribution < -0.4 is 5.56 Å². The highest BCUT2D eigenvalue weighted by Crippen LogP contribution is 2.18. The minimum absolute atomic E-state index is 0.218. The van der Waals surface area contributed by atoms with E-state index in [4.69, 9.17) is 0 Å². The number of aryl methyl sites for hydroxylation is 1. The van der Waals surface area contributed by atoms with E-state index >= 15 is 0 Å². The Morgan fingerprint density at radius 1 is 1.20 bits per heavy atom. The monoisotopic (exact) mass is 268 g/mol. The van der Waals surface area contributed by atoms with Crippen molar-refractivity contribution in [2.24, 2.45) is 0 Å². The Morgan fingerprint density at radius 3 is 2.85 bits per heavy atom. The smallest absolute Gasteiger partial charge is 0.251 e. The van der Waals surface area contributed by atoms with Gasteiger partial charge in [0.1, 0.15) is 5.82 Å². The van der Waals surface area contributed by atoms with Crippen LogP contribution in [0.2, 0.25) is 0 Å². The van der Waals surface area contributed by atoms with Crippen molar-refractivity contribution in [2.45, 2.75) is 13.5 Å². The van der Waals surface area contributed by atoms with E-state index in [9.17, 15) is 9.18 Å². The summed E-state index contributed by atoms with van der Waals surface area (Å²) in [4.78, 5) is 16.2. The van der Waals surface area contributed by atoms with Gasteiger partial charge in [-0.3, -0.25) is 9.78 Å². The predicted octanol–water partition coefficient (Wildman–Crippen LogP) is 2.89. The van der Waals surface area contributed by atoms with Gasteiger partial charge in [0.15, 0.2) is 0 Å². The van der Waals surface area contributed by atoms with Crippen LogP contribution in [0.1, 0.15) is 11.3 Å². The maximum Gasteiger partial charge on any atom is 0.251 e. The topological polar surface area (TPSA) is 34.9 Å². The molecule has 2 heterocycles. The van der Waals surface area contributed by atoms with Gasteiger partial charge < -0.3 is 4.57 Å². The van der Waals surface area contributed by atoms with Crippen LogP contribution in [-0.4, -0.2) is 9.55 Å². The van der Waals surface area contributed by atoms with Gasteiger partial charge in [-0.2, -0.15) is 0 Å². The second-order valence-electron chi connectivity index (χ2n) is 4.75. The van der Waals surface area contributed by atoms with Gasteiger partial charge in [-0.15, -0.1) is 0 Å². The highest BCUT2D eigenvalue weighted by molar-refractivity contribution is 5.82. The van der Waals surface area contributed by atoms with Crippen LogP contribution >= 0.6 is 0 Å². The Kier molecular flexibility index (Phi) is 3.06. The van der Waals surface area contributed by atoms with Crippen LogP contribution in [0.15, 0.2) is 53.5 Å². The Balaban J connectivity index is 2.15. The highest BCUT2D eigenvalue weighted by Gasteiger charge is 2.06. The number of fused-ring (bicyclic) bond motifs is 1. The van der Waals surface area contributed by atoms with Crippen molar-refractivity contribution < 1.29 is 4.39 Å². The van der Waals surface area contributed by atoms with Gasteiger partial charge in [0.05, 0.1) is 12.1 Å². The molecule has 100 valence electrons. The average Bonchev–Trinajstić information content (AvgIpc) is 2.43. The summed E-state index contributed by atoms with van der Waals surface area (Å²) < 4.78 is 14.6. The number of para-hydroxylation sites is 1. The van der Waals surface area contributed by atoms with E-state index in [1.807, 2.05) is 37.3 Å². The van der Waals surface area contributed by atoms with Crippen molar-refractivity contribution in [1.82, 2.24) is 9.55 Å². The normalized spacial score (nSPS) is 10.9. The Labute approximate surface area is 115 Å². The third-order valence-electron chi connectivity index (χ3n) is 3.22. The van der Waals surface area contributed by atoms with Crippen molar-refractivity contribution in [2.75, 3.05) is 0 Å². The molecular formula is C16H13FN2O. The summed E-state index contributed by atoms with van der Waals surface area (Å²) >= 11 is 0. The molecule has 0 fully saturated rings. The molecule has 0 unspecified atom stereocenters. The molecule has 20 heavy (non-hydrogen) atoms. The van der Waals surface area contributed by atoms with Gasteiger partial charge in [-0.25, -0.2) is 4.39 Å². The predicted molar refractivity (Wildman–Crippen MR) is 76.2 cm³/mol. The van der Waals surface area contributed by atoms with Crippen LogP contribution in [0.4, 0.5) is 4.39 Å². The molecule has 0 atom stereocenters. The fourth-order valence-corrected chi connectivity index (χ4v) is 2.33. The summed E-state index contributed by atoms with van der Waals surface area (Å²) in [5.74, 6) is -0.417. The molecule has 3 nitrogen and oxygen atoms in total. The lowest BCUT2D eigenvalue weighted by Crippen LogP contribution is -2.19. The van der Waals surface area contributed by atoms with Gasteiger partial charge in [-0.1, -0.05) is 18.2 Å². The number of aromatic nitrogens is 2. The number of hydrogen-bond acceptors (Lipinski definition) is 2. The van der Waals surface area contributed by atoms with Crippen LogP contribution in [0.25, 0.3) is 10.9 Å². The van der Waals surface area contributed by atoms with Crippen LogP contribution in [-0.2, 0) is 6.54 Å². The lowest BCUT2D eigenvalue weighted by atomic mass is 10.1. The summed E-state index contributed by atoms with van der Waals surface area (Å²) in [6.07, 6.45) is 1.23. The zero-order chi connectivity index (χ0) is 14.1. The maximum atomic E-state index is 13.3. The summed E-state index contributed by atoms with van der Waals surface area (Å²) in [5, 5.41) is 0.981. The maximum absolute atomic E-state index is 13.3. The minimum Gasteiger partial charge on any atom is -0.308 e. The molecule has 0 bridgehead atoms. The fraction of sp³-hybridized carbons (Fsp3) is 0.125. The first-order valence-corrected chi connectivity index (χ1v) is 6.35. The third kappa shape index (κ3) is 2.32. The highest BCUT2D eigenvalue weighted by atomic mass is 19.1. The molecule has 0 aliphatic rings. The number of hydrogen-bond donors (Lipinski definition) is 0. The van der Waals surface area contributed by atoms with E-state index in [0.29, 0.717) is 6.54 Å². The SMILES string of the molecule is Cc1cc(Cn2cc(F)ccc2=O)c2ccccc2n1. The first-order valence-electron chi connectivity index (χ1n) is 6.35. The van der Waals surface area contributed by atoms with E-state index in [-0.39, 0.29) is 5.56 Å². The van der Waals surface area contributed by atoms with Gasteiger partial charge in [-0.05, 0) is 30.7 Å². The van der Waals surface area contributed by atoms with E-state index < -0.39 is 5.82 Å². The molecule has 3 rings (SSSR count). The van der Waals surface area contributed by atoms with E-state index in [2.05, 4.69) is 4.98 Å². The molecule has 0 aliphatic heterocycles. The Morgan fingerprint density at radius 2 is 2.00 bits per heavy atom. The number of rotatable bonds is 2. The number of nitrogens with zero attached hydrogens (tertiary/aromatic N) is 2. The summed E-state index contributed by atoms with van der Waals surface area (Å²) in [6.45, 7) is 2.24. The second kappa shape index (κ2) is 4.89. The van der Waals surface area contributed by atoms with Crippen molar-refractivity contribution in [3.63, 3.8) is 0 Å². The van der Waals surface area contributed by atoms with Crippen molar-refractivity contribution in [1.29, 1.82) is 0 Å². The summed E-state index contributed by atoms with van der Waals surface area (Å²) in [6, 6.07) is 12.1. The quantitative estimate of drug-likeness (QED) is 0.716. The van der Waals surface area contributed by atoms with Gasteiger partial charge >= 0.3 is 0 Å². The summed E-state index contributed by atoms with van der Waals surface area (Å²) in [7, 11) is 0. The minimum atomic E-state index is -0.417. The lowest BCUT2D eigenvalue weighted by molar-refractivity contribution is 0.596. The van der Waals surface area contributed by atoms with Crippen LogP contribution in [0, 0.1) is 12.7 Å². The van der Waals surface area contributed by atoms with Gasteiger partial charge in [0.2, 0.25) is 0 Å². The molecular weight excluding hydrogens is 255 g/mol. The molecule has 3 aromatic rings. The zero-order valence-electron chi connectivity index (χ0n) is 11.0. The van der Waals surface area contributed by atoms with Crippen molar-refractivity contribution in [3.8, 4) is 0 Å². The first-order chi connectivity index (χ1) is 9.63. The third-order valence-corrected chi connectivity index (χ3v) is 3.22. The average molecular weight is 268 g/mol. The van der Waals surface area contributed by atoms with Crippen LogP contribution in [0.5, 0.6) is 0 Å². The van der Waals surface area contributed by atoms with E-state index in [0.717, 1.165) is 22.2 Å². The second-order valence-corrected chi connectivity index (χ2v) is 4.75. The molecule has 0 N–H and O–H groups in total. The Hall–Kier alpha value is -2.49. The van der Waals surface area contributed by atoms with Crippen molar-refractivity contribution >= 4 is 10.9 Å². The number of halogens is 1.